The third-order valence-electron chi connectivity index (χ3n) is 4.73. The number of nitrogens with one attached hydrogen (secondary N) is 3. The van der Waals surface area contributed by atoms with Crippen LogP contribution in [-0.4, -0.2) is 44.6 Å². The SMILES string of the molecule is CC[C@H](C)[C@H](Nc1nc(-c2c[nH]c3ncc(Cl)cc23)ncc1F)C(=O)NCC(F)(F)F. The van der Waals surface area contributed by atoms with E-state index in [-0.39, 0.29) is 11.6 Å². The summed E-state index contributed by atoms with van der Waals surface area (Å²) in [5.41, 5.74) is 1.01. The summed E-state index contributed by atoms with van der Waals surface area (Å²) in [6.07, 6.45) is -0.147. The van der Waals surface area contributed by atoms with E-state index in [1.807, 2.05) is 5.32 Å². The predicted molar refractivity (Wildman–Crippen MR) is 108 cm³/mol. The number of amides is 1. The van der Waals surface area contributed by atoms with Crippen LogP contribution >= 0.6 is 11.6 Å². The quantitative estimate of drug-likeness (QED) is 0.458. The van der Waals surface area contributed by atoms with Gasteiger partial charge in [0.05, 0.1) is 11.2 Å². The van der Waals surface area contributed by atoms with Gasteiger partial charge in [-0.25, -0.2) is 19.3 Å². The van der Waals surface area contributed by atoms with Crippen LogP contribution < -0.4 is 10.6 Å². The van der Waals surface area contributed by atoms with Crippen molar-refractivity contribution in [2.24, 2.45) is 5.92 Å². The Morgan fingerprint density at radius 1 is 1.29 bits per heavy atom. The van der Waals surface area contributed by atoms with E-state index in [1.165, 1.54) is 6.20 Å². The van der Waals surface area contributed by atoms with Gasteiger partial charge in [0.25, 0.3) is 0 Å². The summed E-state index contributed by atoms with van der Waals surface area (Å²) in [5.74, 6) is -2.34. The van der Waals surface area contributed by atoms with Crippen LogP contribution in [-0.2, 0) is 4.79 Å². The fraction of sp³-hybridized carbons (Fsp3) is 0.368. The van der Waals surface area contributed by atoms with E-state index in [1.54, 1.807) is 26.1 Å². The molecule has 1 amide bonds. The molecule has 166 valence electrons. The van der Waals surface area contributed by atoms with Crippen molar-refractivity contribution in [1.29, 1.82) is 0 Å². The molecule has 0 bridgehead atoms. The van der Waals surface area contributed by atoms with Gasteiger partial charge in [-0.3, -0.25) is 4.79 Å². The number of hydrogen-bond acceptors (Lipinski definition) is 5. The summed E-state index contributed by atoms with van der Waals surface area (Å²) in [6, 6.07) is 0.505. The number of carbonyl (C=O) groups is 1. The zero-order valence-electron chi connectivity index (χ0n) is 16.5. The lowest BCUT2D eigenvalue weighted by Gasteiger charge is -2.24. The number of carbonyl (C=O) groups excluding carboxylic acids is 1. The topological polar surface area (TPSA) is 95.6 Å². The van der Waals surface area contributed by atoms with E-state index >= 15 is 0 Å². The number of H-pyrrole nitrogens is 1. The van der Waals surface area contributed by atoms with Crippen LogP contribution in [0.15, 0.2) is 24.7 Å². The first-order chi connectivity index (χ1) is 14.6. The van der Waals surface area contributed by atoms with Crippen molar-refractivity contribution < 1.29 is 22.4 Å². The molecule has 3 N–H and O–H groups in total. The smallest absolute Gasteiger partial charge is 0.356 e. The van der Waals surface area contributed by atoms with Gasteiger partial charge >= 0.3 is 6.18 Å². The average molecular weight is 459 g/mol. The first kappa shape index (κ1) is 22.7. The van der Waals surface area contributed by atoms with Crippen molar-refractivity contribution in [2.75, 3.05) is 11.9 Å². The van der Waals surface area contributed by atoms with Crippen molar-refractivity contribution >= 4 is 34.4 Å². The molecule has 0 aliphatic carbocycles. The van der Waals surface area contributed by atoms with E-state index in [4.69, 9.17) is 11.6 Å². The van der Waals surface area contributed by atoms with Crippen molar-refractivity contribution in [1.82, 2.24) is 25.3 Å². The van der Waals surface area contributed by atoms with E-state index < -0.39 is 36.4 Å². The number of anilines is 1. The molecule has 3 heterocycles. The van der Waals surface area contributed by atoms with Gasteiger partial charge in [-0.15, -0.1) is 0 Å². The Balaban J connectivity index is 1.92. The lowest BCUT2D eigenvalue weighted by Crippen LogP contribution is -2.46. The first-order valence-electron chi connectivity index (χ1n) is 9.35. The molecule has 0 aliphatic heterocycles. The van der Waals surface area contributed by atoms with Crippen LogP contribution in [0.4, 0.5) is 23.4 Å². The third kappa shape index (κ3) is 5.40. The summed E-state index contributed by atoms with van der Waals surface area (Å²) >= 11 is 5.99. The molecule has 12 heteroatoms. The largest absolute Gasteiger partial charge is 0.405 e. The predicted octanol–water partition coefficient (Wildman–Crippen LogP) is 4.32. The number of rotatable bonds is 7. The fourth-order valence-electron chi connectivity index (χ4n) is 2.91. The van der Waals surface area contributed by atoms with Crippen LogP contribution in [0.3, 0.4) is 0 Å². The van der Waals surface area contributed by atoms with E-state index in [2.05, 4.69) is 25.3 Å². The number of aromatic amines is 1. The third-order valence-corrected chi connectivity index (χ3v) is 4.94. The van der Waals surface area contributed by atoms with Gasteiger partial charge in [0.15, 0.2) is 17.5 Å². The first-order valence-corrected chi connectivity index (χ1v) is 9.73. The second-order valence-corrected chi connectivity index (χ2v) is 7.42. The van der Waals surface area contributed by atoms with Gasteiger partial charge in [-0.05, 0) is 12.0 Å². The highest BCUT2D eigenvalue weighted by molar-refractivity contribution is 6.31. The maximum atomic E-state index is 14.4. The van der Waals surface area contributed by atoms with Crippen LogP contribution in [0.25, 0.3) is 22.4 Å². The maximum absolute atomic E-state index is 14.4. The Labute approximate surface area is 179 Å². The van der Waals surface area contributed by atoms with Crippen molar-refractivity contribution in [3.8, 4) is 11.4 Å². The number of fused-ring (bicyclic) bond motifs is 1. The molecule has 0 unspecified atom stereocenters. The van der Waals surface area contributed by atoms with Gasteiger partial charge in [-0.1, -0.05) is 31.9 Å². The monoisotopic (exact) mass is 458 g/mol. The van der Waals surface area contributed by atoms with Gasteiger partial charge in [0.2, 0.25) is 5.91 Å². The Hall–Kier alpha value is -2.95. The Kier molecular flexibility index (Phi) is 6.63. The molecule has 0 spiro atoms. The molecular weight excluding hydrogens is 440 g/mol. The van der Waals surface area contributed by atoms with Crippen LogP contribution in [0.2, 0.25) is 5.02 Å². The number of pyridine rings is 1. The van der Waals surface area contributed by atoms with Crippen LogP contribution in [0, 0.1) is 11.7 Å². The molecule has 31 heavy (non-hydrogen) atoms. The molecule has 3 aromatic rings. The Morgan fingerprint density at radius 2 is 2.03 bits per heavy atom. The van der Waals surface area contributed by atoms with Crippen molar-refractivity contribution in [3.05, 3.63) is 35.5 Å². The van der Waals surface area contributed by atoms with E-state index in [9.17, 15) is 22.4 Å². The number of aromatic nitrogens is 4. The summed E-state index contributed by atoms with van der Waals surface area (Å²) in [5, 5.41) is 5.45. The number of nitrogens with zero attached hydrogens (tertiary/aromatic N) is 3. The standard InChI is InChI=1S/C19H19ClF4N6O/c1-3-9(2)14(18(31)28-8-19(22,23)24)29-17-13(21)7-27-16(30-17)12-6-26-15-11(12)4-10(20)5-25-15/h4-7,9,14H,3,8H2,1-2H3,(H,25,26)(H,28,31)(H,27,29,30)/t9-,14-/m0/s1. The number of halogens is 5. The summed E-state index contributed by atoms with van der Waals surface area (Å²) in [4.78, 5) is 27.6. The molecule has 0 aliphatic rings. The minimum atomic E-state index is -4.56. The Bertz CT molecular complexity index is 1090. The minimum Gasteiger partial charge on any atom is -0.356 e. The minimum absolute atomic E-state index is 0.123. The molecular formula is C19H19ClF4N6O. The van der Waals surface area contributed by atoms with E-state index in [0.29, 0.717) is 28.0 Å². The lowest BCUT2D eigenvalue weighted by molar-refractivity contribution is -0.139. The fourth-order valence-corrected chi connectivity index (χ4v) is 3.07. The van der Waals surface area contributed by atoms with Gasteiger partial charge in [0.1, 0.15) is 18.2 Å². The van der Waals surface area contributed by atoms with Gasteiger partial charge in [0, 0.05) is 23.3 Å². The zero-order valence-corrected chi connectivity index (χ0v) is 17.3. The molecule has 3 aromatic heterocycles. The average Bonchev–Trinajstić information content (AvgIpc) is 3.13. The Morgan fingerprint density at radius 3 is 2.71 bits per heavy atom. The van der Waals surface area contributed by atoms with Crippen LogP contribution in [0.1, 0.15) is 20.3 Å². The normalized spacial score (nSPS) is 13.8. The summed E-state index contributed by atoms with van der Waals surface area (Å²) in [6.45, 7) is 1.94. The highest BCUT2D eigenvalue weighted by Crippen LogP contribution is 2.28. The highest BCUT2D eigenvalue weighted by Gasteiger charge is 2.31. The number of alkyl halides is 3. The van der Waals surface area contributed by atoms with Crippen LogP contribution in [0.5, 0.6) is 0 Å². The maximum Gasteiger partial charge on any atom is 0.405 e. The molecule has 0 radical (unpaired) electrons. The molecule has 3 rings (SSSR count). The molecule has 0 fully saturated rings. The van der Waals surface area contributed by atoms with Crippen molar-refractivity contribution in [2.45, 2.75) is 32.5 Å². The summed E-state index contributed by atoms with van der Waals surface area (Å²) < 4.78 is 51.9. The second kappa shape index (κ2) is 9.04. The van der Waals surface area contributed by atoms with Crippen molar-refractivity contribution in [3.63, 3.8) is 0 Å². The molecule has 0 saturated carbocycles. The van der Waals surface area contributed by atoms with Gasteiger partial charge in [-0.2, -0.15) is 13.2 Å². The molecule has 0 aromatic carbocycles. The van der Waals surface area contributed by atoms with E-state index in [0.717, 1.165) is 6.20 Å². The molecule has 2 atom stereocenters. The molecule has 0 saturated heterocycles. The number of hydrogen-bond donors (Lipinski definition) is 3. The second-order valence-electron chi connectivity index (χ2n) is 6.98. The zero-order chi connectivity index (χ0) is 22.8. The van der Waals surface area contributed by atoms with Gasteiger partial charge < -0.3 is 15.6 Å². The lowest BCUT2D eigenvalue weighted by atomic mass is 9.98. The molecule has 7 nitrogen and oxygen atoms in total. The summed E-state index contributed by atoms with van der Waals surface area (Å²) in [7, 11) is 0. The highest BCUT2D eigenvalue weighted by atomic mass is 35.5.